The summed E-state index contributed by atoms with van der Waals surface area (Å²) in [5.74, 6) is 1.36. The molecular weight excluding hydrogens is 378 g/mol. The summed E-state index contributed by atoms with van der Waals surface area (Å²) in [6.45, 7) is 16.9. The number of nitrogens with two attached hydrogens (primary N) is 1. The van der Waals surface area contributed by atoms with Crippen molar-refractivity contribution in [1.82, 2.24) is 4.90 Å². The molecule has 2 aliphatic carbocycles. The van der Waals surface area contributed by atoms with Crippen molar-refractivity contribution in [3.05, 3.63) is 52.9 Å². The number of allylic oxidation sites excluding steroid dienone is 2. The van der Waals surface area contributed by atoms with E-state index in [1.54, 1.807) is 0 Å². The van der Waals surface area contributed by atoms with Gasteiger partial charge in [-0.3, -0.25) is 0 Å². The summed E-state index contributed by atoms with van der Waals surface area (Å²) in [5.41, 5.74) is 13.0. The molecule has 0 radical (unpaired) electrons. The van der Waals surface area contributed by atoms with E-state index in [-0.39, 0.29) is 0 Å². The highest BCUT2D eigenvalue weighted by Gasteiger charge is 2.23. The van der Waals surface area contributed by atoms with E-state index in [1.165, 1.54) is 98.8 Å². The Morgan fingerprint density at radius 3 is 2.16 bits per heavy atom. The van der Waals surface area contributed by atoms with E-state index in [9.17, 15) is 0 Å². The Hall–Kier alpha value is -1.74. The van der Waals surface area contributed by atoms with Gasteiger partial charge < -0.3 is 16.0 Å². The molecule has 2 aliphatic rings. The van der Waals surface area contributed by atoms with Gasteiger partial charge in [-0.15, -0.1) is 0 Å². The van der Waals surface area contributed by atoms with Gasteiger partial charge in [0.25, 0.3) is 0 Å². The van der Waals surface area contributed by atoms with Crippen LogP contribution in [0.25, 0.3) is 0 Å². The van der Waals surface area contributed by atoms with Gasteiger partial charge in [0.15, 0.2) is 0 Å². The van der Waals surface area contributed by atoms with Crippen molar-refractivity contribution < 1.29 is 0 Å². The second-order valence-electron chi connectivity index (χ2n) is 9.11. The molecule has 0 saturated heterocycles. The summed E-state index contributed by atoms with van der Waals surface area (Å²) < 4.78 is 0. The fraction of sp³-hybridized carbons (Fsp3) is 0.643. The van der Waals surface area contributed by atoms with Gasteiger partial charge >= 0.3 is 0 Å². The molecule has 3 heteroatoms. The molecule has 3 N–H and O–H groups in total. The number of rotatable bonds is 9. The molecular formula is C28H49N3. The van der Waals surface area contributed by atoms with E-state index in [2.05, 4.69) is 62.8 Å². The molecule has 1 aromatic rings. The first-order valence-corrected chi connectivity index (χ1v) is 12.6. The van der Waals surface area contributed by atoms with Crippen LogP contribution >= 0.6 is 0 Å². The fourth-order valence-corrected chi connectivity index (χ4v) is 4.65. The predicted octanol–water partition coefficient (Wildman–Crippen LogP) is 6.85. The van der Waals surface area contributed by atoms with Crippen molar-refractivity contribution in [3.8, 4) is 0 Å². The highest BCUT2D eigenvalue weighted by molar-refractivity contribution is 5.67. The van der Waals surface area contributed by atoms with Crippen LogP contribution in [-0.2, 0) is 25.7 Å². The van der Waals surface area contributed by atoms with Gasteiger partial charge in [0, 0.05) is 12.2 Å². The van der Waals surface area contributed by atoms with E-state index in [4.69, 9.17) is 5.73 Å². The zero-order chi connectivity index (χ0) is 23.2. The first-order chi connectivity index (χ1) is 14.9. The number of fused-ring (bicyclic) bond motifs is 2. The number of nitrogens with one attached hydrogen (secondary N) is 1. The molecule has 0 spiro atoms. The Morgan fingerprint density at radius 1 is 1.10 bits per heavy atom. The lowest BCUT2D eigenvalue weighted by Crippen LogP contribution is -2.24. The third kappa shape index (κ3) is 9.51. The van der Waals surface area contributed by atoms with Crippen molar-refractivity contribution in [2.75, 3.05) is 25.5 Å². The Labute approximate surface area is 193 Å². The van der Waals surface area contributed by atoms with Crippen molar-refractivity contribution in [2.24, 2.45) is 11.7 Å². The lowest BCUT2D eigenvalue weighted by atomic mass is 9.99. The third-order valence-electron chi connectivity index (χ3n) is 5.83. The van der Waals surface area contributed by atoms with Crippen molar-refractivity contribution >= 4 is 5.69 Å². The second kappa shape index (κ2) is 15.1. The SMILES string of the molecule is C/C=C/CCCCN(C)CC(C)C.C=C(N)Nc1c2c(cc3c1CCC3)CCC2.CC. The van der Waals surface area contributed by atoms with Gasteiger partial charge in [-0.25, -0.2) is 0 Å². The molecule has 0 saturated carbocycles. The van der Waals surface area contributed by atoms with Crippen molar-refractivity contribution in [1.29, 1.82) is 0 Å². The summed E-state index contributed by atoms with van der Waals surface area (Å²) in [6, 6.07) is 2.43. The van der Waals surface area contributed by atoms with Gasteiger partial charge in [0.1, 0.15) is 0 Å². The number of hydrogen-bond acceptors (Lipinski definition) is 3. The van der Waals surface area contributed by atoms with Gasteiger partial charge in [-0.1, -0.05) is 52.5 Å². The number of benzene rings is 1. The Balaban J connectivity index is 0.000000295. The first kappa shape index (κ1) is 27.3. The molecule has 176 valence electrons. The highest BCUT2D eigenvalue weighted by atomic mass is 15.1. The van der Waals surface area contributed by atoms with Crippen LogP contribution in [0.3, 0.4) is 0 Å². The summed E-state index contributed by atoms with van der Waals surface area (Å²) in [6.07, 6.45) is 15.7. The number of anilines is 1. The molecule has 3 rings (SSSR count). The maximum absolute atomic E-state index is 5.71. The smallest absolute Gasteiger partial charge is 0.0930 e. The van der Waals surface area contributed by atoms with E-state index in [1.807, 2.05) is 13.8 Å². The summed E-state index contributed by atoms with van der Waals surface area (Å²) >= 11 is 0. The lowest BCUT2D eigenvalue weighted by Gasteiger charge is -2.18. The molecule has 0 fully saturated rings. The summed E-state index contributed by atoms with van der Waals surface area (Å²) in [7, 11) is 2.22. The van der Waals surface area contributed by atoms with Crippen LogP contribution in [0.1, 0.15) is 89.0 Å². The second-order valence-corrected chi connectivity index (χ2v) is 9.11. The summed E-state index contributed by atoms with van der Waals surface area (Å²) in [5, 5.41) is 3.29. The Morgan fingerprint density at radius 2 is 1.68 bits per heavy atom. The van der Waals surface area contributed by atoms with Crippen LogP contribution in [0, 0.1) is 5.92 Å². The van der Waals surface area contributed by atoms with Gasteiger partial charge in [-0.2, -0.15) is 0 Å². The fourth-order valence-electron chi connectivity index (χ4n) is 4.65. The molecule has 0 amide bonds. The molecule has 31 heavy (non-hydrogen) atoms. The minimum absolute atomic E-state index is 0.564. The maximum atomic E-state index is 5.71. The number of hydrogen-bond donors (Lipinski definition) is 2. The first-order valence-electron chi connectivity index (χ1n) is 12.6. The zero-order valence-electron chi connectivity index (χ0n) is 21.3. The van der Waals surface area contributed by atoms with Gasteiger partial charge in [0.05, 0.1) is 5.82 Å². The molecule has 1 aromatic carbocycles. The van der Waals surface area contributed by atoms with Crippen LogP contribution in [0.4, 0.5) is 5.69 Å². The summed E-state index contributed by atoms with van der Waals surface area (Å²) in [4.78, 5) is 2.43. The topological polar surface area (TPSA) is 41.3 Å². The Bertz CT molecular complexity index is 656. The monoisotopic (exact) mass is 427 g/mol. The molecule has 3 nitrogen and oxygen atoms in total. The average molecular weight is 428 g/mol. The largest absolute Gasteiger partial charge is 0.386 e. The van der Waals surface area contributed by atoms with Crippen LogP contribution in [0.2, 0.25) is 0 Å². The van der Waals surface area contributed by atoms with Gasteiger partial charge in [-0.05, 0) is 106 Å². The molecule has 0 aliphatic heterocycles. The van der Waals surface area contributed by atoms with Crippen LogP contribution in [-0.4, -0.2) is 25.0 Å². The molecule has 0 atom stereocenters. The van der Waals surface area contributed by atoms with Crippen LogP contribution in [0.15, 0.2) is 30.6 Å². The molecule has 0 unspecified atom stereocenters. The lowest BCUT2D eigenvalue weighted by molar-refractivity contribution is 0.290. The normalized spacial score (nSPS) is 14.1. The van der Waals surface area contributed by atoms with E-state index < -0.39 is 0 Å². The average Bonchev–Trinajstić information content (AvgIpc) is 3.38. The van der Waals surface area contributed by atoms with E-state index in [0.29, 0.717) is 5.82 Å². The van der Waals surface area contributed by atoms with Crippen molar-refractivity contribution in [2.45, 2.75) is 92.4 Å². The number of unbranched alkanes of at least 4 members (excludes halogenated alkanes) is 2. The standard InChI is InChI=1S/C14H18N2.C12H25N.C2H6/c1-9(15)16-14-12-6-2-4-10(12)8-11-5-3-7-13(11)14;1-5-6-7-8-9-10-13(4)11-12(2)3;1-2/h8,16H,1-7,15H2;5-6,12H,7-11H2,1-4H3;1-2H3/b;6-5+;. The Kier molecular flexibility index (Phi) is 13.3. The van der Waals surface area contributed by atoms with Crippen LogP contribution < -0.4 is 11.1 Å². The number of nitrogens with zero attached hydrogens (tertiary/aromatic N) is 1. The predicted molar refractivity (Wildman–Crippen MR) is 140 cm³/mol. The van der Waals surface area contributed by atoms with E-state index in [0.717, 1.165) is 5.92 Å². The minimum Gasteiger partial charge on any atom is -0.386 e. The quantitative estimate of drug-likeness (QED) is 0.334. The van der Waals surface area contributed by atoms with Crippen LogP contribution in [0.5, 0.6) is 0 Å². The maximum Gasteiger partial charge on any atom is 0.0930 e. The highest BCUT2D eigenvalue weighted by Crippen LogP contribution is 2.38. The van der Waals surface area contributed by atoms with Crippen molar-refractivity contribution in [3.63, 3.8) is 0 Å². The molecule has 0 bridgehead atoms. The van der Waals surface area contributed by atoms with E-state index >= 15 is 0 Å². The van der Waals surface area contributed by atoms with Gasteiger partial charge in [0.2, 0.25) is 0 Å². The molecule has 0 aromatic heterocycles. The zero-order valence-corrected chi connectivity index (χ0v) is 21.3. The molecule has 0 heterocycles. The third-order valence-corrected chi connectivity index (χ3v) is 5.83. The number of aryl methyl sites for hydroxylation is 2. The minimum atomic E-state index is 0.564.